The van der Waals surface area contributed by atoms with E-state index in [1.54, 1.807) is 12.1 Å². The number of carbonyl (C=O) groups is 5. The van der Waals surface area contributed by atoms with Crippen molar-refractivity contribution in [2.45, 2.75) is 50.4 Å². The number of primary amides is 1. The highest BCUT2D eigenvalue weighted by molar-refractivity contribution is 7.80. The molecule has 0 radical (unpaired) electrons. The second-order valence-corrected chi connectivity index (χ2v) is 7.72. The standard InChI is InChI=1S/C20H29N5O7S/c1-10(17(28)24-14(20(31)32)6-7-16(22)27)23-19(30)15(25-18(29)13(21)9-33)8-11-2-4-12(26)5-3-11/h2-5,10,13-15,26,33H,6-9,21H2,1H3,(H2,22,27)(H,23,30)(H,24,28)(H,25,29)(H,31,32). The van der Waals surface area contributed by atoms with Crippen molar-refractivity contribution in [1.29, 1.82) is 0 Å². The number of carboxylic acid groups (broad SMARTS) is 1. The Kier molecular flexibility index (Phi) is 11.2. The van der Waals surface area contributed by atoms with E-state index < -0.39 is 53.8 Å². The van der Waals surface area contributed by atoms with Gasteiger partial charge in [0.15, 0.2) is 0 Å². The van der Waals surface area contributed by atoms with Crippen LogP contribution in [0.1, 0.15) is 25.3 Å². The molecular weight excluding hydrogens is 454 g/mol. The quantitative estimate of drug-likeness (QED) is 0.147. The summed E-state index contributed by atoms with van der Waals surface area (Å²) in [6.45, 7) is 1.33. The van der Waals surface area contributed by atoms with Crippen LogP contribution in [0.2, 0.25) is 0 Å². The minimum Gasteiger partial charge on any atom is -0.508 e. The van der Waals surface area contributed by atoms with Gasteiger partial charge in [-0.3, -0.25) is 19.2 Å². The number of phenols is 1. The fraction of sp³-hybridized carbons (Fsp3) is 0.450. The number of nitrogens with one attached hydrogen (secondary N) is 3. The van der Waals surface area contributed by atoms with Gasteiger partial charge < -0.3 is 37.6 Å². The van der Waals surface area contributed by atoms with Crippen molar-refractivity contribution in [3.8, 4) is 5.75 Å². The first-order valence-corrected chi connectivity index (χ1v) is 10.6. The molecule has 1 aromatic rings. The molecule has 9 N–H and O–H groups in total. The van der Waals surface area contributed by atoms with Crippen LogP contribution in [-0.2, 0) is 30.4 Å². The summed E-state index contributed by atoms with van der Waals surface area (Å²) in [5, 5.41) is 25.8. The van der Waals surface area contributed by atoms with E-state index in [0.29, 0.717) is 5.56 Å². The summed E-state index contributed by atoms with van der Waals surface area (Å²) in [5.74, 6) is -4.16. The van der Waals surface area contributed by atoms with Crippen molar-refractivity contribution in [3.63, 3.8) is 0 Å². The summed E-state index contributed by atoms with van der Waals surface area (Å²) in [4.78, 5) is 59.6. The van der Waals surface area contributed by atoms with Gasteiger partial charge in [0.25, 0.3) is 0 Å². The van der Waals surface area contributed by atoms with E-state index in [2.05, 4.69) is 28.6 Å². The summed E-state index contributed by atoms with van der Waals surface area (Å²) in [7, 11) is 0. The number of aliphatic carboxylic acids is 1. The largest absolute Gasteiger partial charge is 0.508 e. The van der Waals surface area contributed by atoms with E-state index in [1.807, 2.05) is 0 Å². The monoisotopic (exact) mass is 483 g/mol. The molecule has 0 aliphatic carbocycles. The molecule has 0 aliphatic heterocycles. The van der Waals surface area contributed by atoms with Crippen LogP contribution in [0.25, 0.3) is 0 Å². The van der Waals surface area contributed by atoms with Gasteiger partial charge in [0.1, 0.15) is 23.9 Å². The van der Waals surface area contributed by atoms with Gasteiger partial charge in [-0.1, -0.05) is 12.1 Å². The summed E-state index contributed by atoms with van der Waals surface area (Å²) >= 11 is 3.96. The molecule has 0 aliphatic rings. The summed E-state index contributed by atoms with van der Waals surface area (Å²) < 4.78 is 0. The van der Waals surface area contributed by atoms with Gasteiger partial charge in [-0.15, -0.1) is 0 Å². The Hall–Kier alpha value is -3.32. The second kappa shape index (κ2) is 13.3. The minimum atomic E-state index is -1.37. The summed E-state index contributed by atoms with van der Waals surface area (Å²) in [6, 6.07) is 1.34. The van der Waals surface area contributed by atoms with Gasteiger partial charge in [0.2, 0.25) is 23.6 Å². The molecule has 4 atom stereocenters. The number of amides is 4. The van der Waals surface area contributed by atoms with E-state index in [0.717, 1.165) is 0 Å². The molecule has 182 valence electrons. The molecular formula is C20H29N5O7S. The molecule has 1 rings (SSSR count). The maximum Gasteiger partial charge on any atom is 0.326 e. The highest BCUT2D eigenvalue weighted by Gasteiger charge is 2.28. The Labute approximate surface area is 195 Å². The molecule has 0 aromatic heterocycles. The van der Waals surface area contributed by atoms with E-state index in [9.17, 15) is 34.2 Å². The molecule has 4 amide bonds. The predicted octanol–water partition coefficient (Wildman–Crippen LogP) is -1.98. The number of hydrogen-bond donors (Lipinski definition) is 8. The first-order valence-electron chi connectivity index (χ1n) is 10.0. The fourth-order valence-electron chi connectivity index (χ4n) is 2.66. The molecule has 0 spiro atoms. The number of carbonyl (C=O) groups excluding carboxylic acids is 4. The van der Waals surface area contributed by atoms with E-state index >= 15 is 0 Å². The van der Waals surface area contributed by atoms with Gasteiger partial charge in [0, 0.05) is 18.6 Å². The Bertz CT molecular complexity index is 865. The molecule has 0 heterocycles. The van der Waals surface area contributed by atoms with Crippen LogP contribution in [0.15, 0.2) is 24.3 Å². The first-order chi connectivity index (χ1) is 15.4. The number of nitrogens with two attached hydrogens (primary N) is 2. The normalized spacial score (nSPS) is 14.3. The van der Waals surface area contributed by atoms with Crippen molar-refractivity contribution in [1.82, 2.24) is 16.0 Å². The van der Waals surface area contributed by atoms with Gasteiger partial charge in [-0.2, -0.15) is 12.6 Å². The predicted molar refractivity (Wildman–Crippen MR) is 121 cm³/mol. The zero-order chi connectivity index (χ0) is 25.1. The van der Waals surface area contributed by atoms with Gasteiger partial charge >= 0.3 is 5.97 Å². The lowest BCUT2D eigenvalue weighted by Crippen LogP contribution is -2.57. The average Bonchev–Trinajstić information content (AvgIpc) is 2.76. The third-order valence-electron chi connectivity index (χ3n) is 4.59. The fourth-order valence-corrected chi connectivity index (χ4v) is 2.82. The average molecular weight is 484 g/mol. The highest BCUT2D eigenvalue weighted by atomic mass is 32.1. The second-order valence-electron chi connectivity index (χ2n) is 7.36. The van der Waals surface area contributed by atoms with Crippen molar-refractivity contribution >= 4 is 42.2 Å². The highest BCUT2D eigenvalue weighted by Crippen LogP contribution is 2.12. The van der Waals surface area contributed by atoms with E-state index in [4.69, 9.17) is 11.5 Å². The number of phenolic OH excluding ortho intramolecular Hbond substituents is 1. The number of benzene rings is 1. The molecule has 13 heteroatoms. The zero-order valence-corrected chi connectivity index (χ0v) is 18.9. The number of aromatic hydroxyl groups is 1. The Morgan fingerprint density at radius 1 is 0.970 bits per heavy atom. The number of hydrogen-bond acceptors (Lipinski definition) is 8. The minimum absolute atomic E-state index is 0.0236. The van der Waals surface area contributed by atoms with Gasteiger partial charge in [-0.25, -0.2) is 4.79 Å². The van der Waals surface area contributed by atoms with Crippen LogP contribution in [-0.4, -0.2) is 69.7 Å². The molecule has 0 saturated carbocycles. The molecule has 33 heavy (non-hydrogen) atoms. The maximum absolute atomic E-state index is 12.8. The van der Waals surface area contributed by atoms with Crippen LogP contribution in [0, 0.1) is 0 Å². The molecule has 12 nitrogen and oxygen atoms in total. The smallest absolute Gasteiger partial charge is 0.326 e. The zero-order valence-electron chi connectivity index (χ0n) is 18.0. The van der Waals surface area contributed by atoms with Crippen molar-refractivity contribution in [3.05, 3.63) is 29.8 Å². The SMILES string of the molecule is CC(NC(=O)C(Cc1ccc(O)cc1)NC(=O)C(N)CS)C(=O)NC(CCC(N)=O)C(=O)O. The summed E-state index contributed by atoms with van der Waals surface area (Å²) in [5.41, 5.74) is 11.3. The van der Waals surface area contributed by atoms with Crippen molar-refractivity contribution < 1.29 is 34.2 Å². The lowest BCUT2D eigenvalue weighted by molar-refractivity contribution is -0.142. The van der Waals surface area contributed by atoms with Crippen LogP contribution in [0.4, 0.5) is 0 Å². The Morgan fingerprint density at radius 2 is 1.55 bits per heavy atom. The lowest BCUT2D eigenvalue weighted by Gasteiger charge is -2.23. The Morgan fingerprint density at radius 3 is 2.06 bits per heavy atom. The topological polar surface area (TPSA) is 214 Å². The van der Waals surface area contributed by atoms with E-state index in [-0.39, 0.29) is 30.8 Å². The Balaban J connectivity index is 2.88. The van der Waals surface area contributed by atoms with E-state index in [1.165, 1.54) is 19.1 Å². The summed E-state index contributed by atoms with van der Waals surface area (Å²) in [6.07, 6.45) is -0.426. The third kappa shape index (κ3) is 9.78. The lowest BCUT2D eigenvalue weighted by atomic mass is 10.0. The maximum atomic E-state index is 12.8. The van der Waals surface area contributed by atoms with Crippen LogP contribution in [0.5, 0.6) is 5.75 Å². The number of thiol groups is 1. The van der Waals surface area contributed by atoms with Crippen LogP contribution in [0.3, 0.4) is 0 Å². The number of rotatable bonds is 13. The molecule has 0 saturated heterocycles. The number of carboxylic acids is 1. The van der Waals surface area contributed by atoms with Gasteiger partial charge in [-0.05, 0) is 31.0 Å². The van der Waals surface area contributed by atoms with Crippen LogP contribution >= 0.6 is 12.6 Å². The molecule has 0 fully saturated rings. The first kappa shape index (κ1) is 27.7. The molecule has 1 aromatic carbocycles. The van der Waals surface area contributed by atoms with Crippen LogP contribution < -0.4 is 27.4 Å². The molecule has 0 bridgehead atoms. The molecule has 4 unspecified atom stereocenters. The third-order valence-corrected chi connectivity index (χ3v) is 4.98. The van der Waals surface area contributed by atoms with Crippen molar-refractivity contribution in [2.75, 3.05) is 5.75 Å². The van der Waals surface area contributed by atoms with Crippen molar-refractivity contribution in [2.24, 2.45) is 11.5 Å². The van der Waals surface area contributed by atoms with Gasteiger partial charge in [0.05, 0.1) is 6.04 Å².